The average Bonchev–Trinajstić information content (AvgIpc) is 1.14. The van der Waals surface area contributed by atoms with Crippen molar-refractivity contribution in [1.82, 2.24) is 0 Å². The van der Waals surface area contributed by atoms with Crippen LogP contribution in [0.15, 0.2) is 0 Å². The summed E-state index contributed by atoms with van der Waals surface area (Å²) in [7, 11) is -10.1. The molecule has 0 atom stereocenters. The standard InChI is InChI=1S/Fe.2Na.H4O7P2.2H/c;;;1-8(2,3)7-9(4,5)6;;/h;;;(H2,1,2,3)(H2,4,5,6);;. The van der Waals surface area contributed by atoms with E-state index in [0.29, 0.717) is 0 Å². The fourth-order valence-electron chi connectivity index (χ4n) is 0.139. The van der Waals surface area contributed by atoms with Crippen molar-refractivity contribution in [3.63, 3.8) is 0 Å². The fourth-order valence-corrected chi connectivity index (χ4v) is 1.25. The first kappa shape index (κ1) is 24.2. The van der Waals surface area contributed by atoms with E-state index in [4.69, 9.17) is 19.6 Å². The van der Waals surface area contributed by atoms with E-state index in [9.17, 15) is 9.13 Å². The van der Waals surface area contributed by atoms with E-state index in [1.807, 2.05) is 0 Å². The second-order valence-corrected chi connectivity index (χ2v) is 3.68. The molecule has 0 rings (SSSR count). The summed E-state index contributed by atoms with van der Waals surface area (Å²) >= 11 is 0. The summed E-state index contributed by atoms with van der Waals surface area (Å²) in [5, 5.41) is 0. The Labute approximate surface area is 123 Å². The number of hydrogen-bond donors (Lipinski definition) is 4. The van der Waals surface area contributed by atoms with Gasteiger partial charge in [0.25, 0.3) is 0 Å². The van der Waals surface area contributed by atoms with Crippen LogP contribution in [0.2, 0.25) is 0 Å². The Kier molecular flexibility index (Phi) is 18.2. The van der Waals surface area contributed by atoms with Crippen LogP contribution in [0, 0.1) is 0 Å². The summed E-state index contributed by atoms with van der Waals surface area (Å²) in [6, 6.07) is 0. The van der Waals surface area contributed by atoms with E-state index in [1.54, 1.807) is 0 Å². The molecule has 12 heavy (non-hydrogen) atoms. The van der Waals surface area contributed by atoms with Crippen LogP contribution in [0.4, 0.5) is 0 Å². The van der Waals surface area contributed by atoms with Crippen LogP contribution in [0.3, 0.4) is 0 Å². The van der Waals surface area contributed by atoms with E-state index < -0.39 is 15.6 Å². The molecule has 0 heterocycles. The van der Waals surface area contributed by atoms with Crippen LogP contribution in [-0.4, -0.2) is 78.7 Å². The zero-order valence-corrected chi connectivity index (χ0v) is 7.15. The first-order chi connectivity index (χ1) is 3.71. The summed E-state index contributed by atoms with van der Waals surface area (Å²) in [5.74, 6) is 0. The van der Waals surface area contributed by atoms with Crippen LogP contribution in [0.25, 0.3) is 0 Å². The van der Waals surface area contributed by atoms with Gasteiger partial charge in [0.05, 0.1) is 0 Å². The van der Waals surface area contributed by atoms with Gasteiger partial charge in [-0.3, -0.25) is 0 Å². The Hall–Kier alpha value is 2.78. The molecule has 0 spiro atoms. The van der Waals surface area contributed by atoms with Gasteiger partial charge in [-0.05, 0) is 0 Å². The van der Waals surface area contributed by atoms with Gasteiger partial charge >= 0.3 is 74.8 Å². The minimum atomic E-state index is -5.05. The number of phosphoric acid groups is 2. The molecule has 4 N–H and O–H groups in total. The van der Waals surface area contributed by atoms with Gasteiger partial charge in [0, 0.05) is 17.1 Å². The Bertz CT molecular complexity index is 160. The Morgan fingerprint density at radius 2 is 1.00 bits per heavy atom. The predicted octanol–water partition coefficient (Wildman–Crippen LogP) is -2.11. The van der Waals surface area contributed by atoms with Crippen molar-refractivity contribution in [2.75, 3.05) is 0 Å². The van der Waals surface area contributed by atoms with Crippen molar-refractivity contribution >= 4 is 74.8 Å². The van der Waals surface area contributed by atoms with Gasteiger partial charge in [-0.15, -0.1) is 0 Å². The summed E-state index contributed by atoms with van der Waals surface area (Å²) < 4.78 is 22.2. The quantitative estimate of drug-likeness (QED) is 0.337. The Balaban J connectivity index is -0.000000107. The molecule has 0 aromatic rings. The topological polar surface area (TPSA) is 124 Å². The van der Waals surface area contributed by atoms with Crippen molar-refractivity contribution < 1.29 is 50.1 Å². The normalized spacial score (nSPS) is 10.3. The third-order valence-corrected chi connectivity index (χ3v) is 1.91. The second-order valence-electron chi connectivity index (χ2n) is 1.06. The van der Waals surface area contributed by atoms with Crippen LogP contribution >= 0.6 is 15.6 Å². The summed E-state index contributed by atoms with van der Waals surface area (Å²) in [6.45, 7) is 0. The first-order valence-corrected chi connectivity index (χ1v) is 4.59. The Morgan fingerprint density at radius 3 is 1.00 bits per heavy atom. The molecule has 12 heteroatoms. The third-order valence-electron chi connectivity index (χ3n) is 0.213. The second kappa shape index (κ2) is 9.04. The van der Waals surface area contributed by atoms with E-state index in [0.717, 1.165) is 0 Å². The molecule has 0 saturated carbocycles. The van der Waals surface area contributed by atoms with Gasteiger partial charge in [0.1, 0.15) is 0 Å². The van der Waals surface area contributed by atoms with Crippen molar-refractivity contribution in [3.8, 4) is 0 Å². The molecule has 0 bridgehead atoms. The summed E-state index contributed by atoms with van der Waals surface area (Å²) in [4.78, 5) is 31.0. The average molecular weight is 282 g/mol. The molecule has 0 amide bonds. The zero-order valence-electron chi connectivity index (χ0n) is 4.26. The molecule has 0 radical (unpaired) electrons. The Morgan fingerprint density at radius 1 is 0.833 bits per heavy atom. The maximum atomic E-state index is 9.63. The van der Waals surface area contributed by atoms with Crippen molar-refractivity contribution in [2.24, 2.45) is 0 Å². The number of rotatable bonds is 2. The molecule has 0 unspecified atom stereocenters. The van der Waals surface area contributed by atoms with Crippen molar-refractivity contribution in [3.05, 3.63) is 0 Å². The van der Waals surface area contributed by atoms with E-state index in [1.165, 1.54) is 0 Å². The van der Waals surface area contributed by atoms with Gasteiger partial charge in [0.2, 0.25) is 0 Å². The molecule has 0 aliphatic heterocycles. The van der Waals surface area contributed by atoms with Gasteiger partial charge in [-0.25, -0.2) is 9.13 Å². The molecule has 0 saturated heterocycles. The van der Waals surface area contributed by atoms with Crippen molar-refractivity contribution in [1.29, 1.82) is 0 Å². The molecule has 0 aliphatic carbocycles. The fraction of sp³-hybridized carbons (Fsp3) is 0. The third kappa shape index (κ3) is 23.0. The van der Waals surface area contributed by atoms with Gasteiger partial charge in [0.15, 0.2) is 0 Å². The molecule has 0 aromatic heterocycles. The van der Waals surface area contributed by atoms with Gasteiger partial charge in [-0.1, -0.05) is 0 Å². The van der Waals surface area contributed by atoms with Crippen LogP contribution in [0.1, 0.15) is 0 Å². The van der Waals surface area contributed by atoms with Crippen molar-refractivity contribution in [2.45, 2.75) is 0 Å². The summed E-state index contributed by atoms with van der Waals surface area (Å²) in [5.41, 5.74) is 0. The predicted molar refractivity (Wildman–Crippen MR) is 39.5 cm³/mol. The molecule has 7 nitrogen and oxygen atoms in total. The molecule has 0 fully saturated rings. The van der Waals surface area contributed by atoms with Gasteiger partial charge < -0.3 is 19.6 Å². The van der Waals surface area contributed by atoms with E-state index >= 15 is 0 Å². The van der Waals surface area contributed by atoms with Gasteiger partial charge in [-0.2, -0.15) is 4.31 Å². The molecule has 68 valence electrons. The van der Waals surface area contributed by atoms with Crippen LogP contribution in [0.5, 0.6) is 0 Å². The zero-order chi connectivity index (χ0) is 7.71. The molecule has 0 aromatic carbocycles. The number of hydrogen-bond acceptors (Lipinski definition) is 3. The SMILES string of the molecule is O=P(O)(O)OP(=O)(O)O.[Fe].[NaH].[NaH]. The summed E-state index contributed by atoms with van der Waals surface area (Å²) in [6.07, 6.45) is 0. The first-order valence-electron chi connectivity index (χ1n) is 1.53. The minimum absolute atomic E-state index is 0. The molecule has 0 aliphatic rings. The molecular formula is H6FeNa2O7P2. The van der Waals surface area contributed by atoms with E-state index in [-0.39, 0.29) is 76.2 Å². The van der Waals surface area contributed by atoms with E-state index in [2.05, 4.69) is 4.31 Å². The van der Waals surface area contributed by atoms with Crippen LogP contribution in [-0.2, 0) is 30.5 Å². The monoisotopic (exact) mass is 282 g/mol. The maximum absolute atomic E-state index is 9.63. The molecular weight excluding hydrogens is 276 g/mol. The van der Waals surface area contributed by atoms with Crippen LogP contribution < -0.4 is 0 Å².